The monoisotopic (exact) mass is 365 g/mol. The number of nitrogens with one attached hydrogen (secondary N) is 1. The molecule has 21 heavy (non-hydrogen) atoms. The number of hydrogen-bond donors (Lipinski definition) is 1. The van der Waals surface area contributed by atoms with E-state index in [9.17, 15) is 8.42 Å². The lowest BCUT2D eigenvalue weighted by Crippen LogP contribution is -2.14. The van der Waals surface area contributed by atoms with Gasteiger partial charge in [0.15, 0.2) is 11.0 Å². The maximum atomic E-state index is 12.2. The van der Waals surface area contributed by atoms with Crippen molar-refractivity contribution in [3.63, 3.8) is 0 Å². The number of alkyl halides is 1. The Morgan fingerprint density at radius 2 is 1.76 bits per heavy atom. The smallest absolute Gasteiger partial charge is 0.262 e. The Morgan fingerprint density at radius 1 is 1.10 bits per heavy atom. The molecule has 0 saturated heterocycles. The van der Waals surface area contributed by atoms with Gasteiger partial charge in [-0.1, -0.05) is 35.3 Å². The van der Waals surface area contributed by atoms with Crippen LogP contribution < -0.4 is 4.72 Å². The molecule has 0 aliphatic carbocycles. The Morgan fingerprint density at radius 3 is 2.38 bits per heavy atom. The van der Waals surface area contributed by atoms with Crippen LogP contribution in [0.5, 0.6) is 0 Å². The summed E-state index contributed by atoms with van der Waals surface area (Å²) >= 11 is 17.2. The lowest BCUT2D eigenvalue weighted by Gasteiger charge is -2.09. The summed E-state index contributed by atoms with van der Waals surface area (Å²) in [6.07, 6.45) is 1.79. The highest BCUT2D eigenvalue weighted by atomic mass is 35.5. The molecule has 5 nitrogen and oxygen atoms in total. The highest BCUT2D eigenvalue weighted by molar-refractivity contribution is 7.92. The van der Waals surface area contributed by atoms with Crippen LogP contribution in [0.15, 0.2) is 35.5 Å². The van der Waals surface area contributed by atoms with Crippen molar-refractivity contribution in [1.82, 2.24) is 9.97 Å². The zero-order chi connectivity index (χ0) is 15.5. The Bertz CT molecular complexity index is 736. The van der Waals surface area contributed by atoms with Crippen LogP contribution in [0.2, 0.25) is 10.2 Å². The molecule has 2 aromatic rings. The lowest BCUT2D eigenvalue weighted by atomic mass is 10.2. The van der Waals surface area contributed by atoms with Gasteiger partial charge in [-0.25, -0.2) is 18.4 Å². The lowest BCUT2D eigenvalue weighted by molar-refractivity contribution is 0.601. The quantitative estimate of drug-likeness (QED) is 0.650. The first-order chi connectivity index (χ1) is 9.94. The maximum absolute atomic E-state index is 12.2. The van der Waals surface area contributed by atoms with Gasteiger partial charge in [0, 0.05) is 5.88 Å². The summed E-state index contributed by atoms with van der Waals surface area (Å²) in [7, 11) is -3.80. The number of benzene rings is 1. The van der Waals surface area contributed by atoms with Gasteiger partial charge < -0.3 is 0 Å². The van der Waals surface area contributed by atoms with Crippen LogP contribution in [0.3, 0.4) is 0 Å². The van der Waals surface area contributed by atoms with Crippen LogP contribution in [0.25, 0.3) is 0 Å². The first kappa shape index (κ1) is 16.3. The zero-order valence-electron chi connectivity index (χ0n) is 10.6. The average Bonchev–Trinajstić information content (AvgIpc) is 2.45. The van der Waals surface area contributed by atoms with Crippen molar-refractivity contribution in [2.75, 3.05) is 10.6 Å². The first-order valence-electron chi connectivity index (χ1n) is 5.78. The molecule has 1 N–H and O–H groups in total. The largest absolute Gasteiger partial charge is 0.263 e. The predicted octanol–water partition coefficient (Wildman–Crippen LogP) is 3.37. The molecule has 0 spiro atoms. The van der Waals surface area contributed by atoms with Crippen molar-refractivity contribution < 1.29 is 8.42 Å². The van der Waals surface area contributed by atoms with Gasteiger partial charge in [0.1, 0.15) is 11.3 Å². The van der Waals surface area contributed by atoms with E-state index in [4.69, 9.17) is 34.8 Å². The number of anilines is 1. The second-order valence-corrected chi connectivity index (χ2v) is 6.81. The highest BCUT2D eigenvalue weighted by Gasteiger charge is 2.18. The van der Waals surface area contributed by atoms with E-state index in [2.05, 4.69) is 14.7 Å². The molecule has 9 heteroatoms. The van der Waals surface area contributed by atoms with Crippen molar-refractivity contribution in [3.05, 3.63) is 46.3 Å². The Labute approximate surface area is 137 Å². The van der Waals surface area contributed by atoms with E-state index < -0.39 is 10.0 Å². The topological polar surface area (TPSA) is 72.0 Å². The number of aromatic nitrogens is 2. The molecule has 2 rings (SSSR count). The minimum atomic E-state index is -3.80. The molecule has 0 bridgehead atoms. The summed E-state index contributed by atoms with van der Waals surface area (Å²) in [4.78, 5) is 7.50. The second kappa shape index (κ2) is 6.79. The molecule has 0 unspecified atom stereocenters. The van der Waals surface area contributed by atoms with E-state index >= 15 is 0 Å². The molecular weight excluding hydrogens is 357 g/mol. The highest BCUT2D eigenvalue weighted by Crippen LogP contribution is 2.27. The first-order valence-corrected chi connectivity index (χ1v) is 8.55. The van der Waals surface area contributed by atoms with Crippen LogP contribution in [0.4, 0.5) is 5.82 Å². The number of hydrogen-bond acceptors (Lipinski definition) is 4. The van der Waals surface area contributed by atoms with Crippen molar-refractivity contribution in [2.45, 2.75) is 11.3 Å². The normalized spacial score (nSPS) is 11.4. The minimum absolute atomic E-state index is 0.0261. The summed E-state index contributed by atoms with van der Waals surface area (Å²) in [6, 6.07) is 6.37. The van der Waals surface area contributed by atoms with Crippen LogP contribution >= 0.6 is 34.8 Å². The third-order valence-electron chi connectivity index (χ3n) is 2.59. The number of nitrogens with zero attached hydrogens (tertiary/aromatic N) is 2. The molecule has 0 fully saturated rings. The number of halogens is 3. The fourth-order valence-electron chi connectivity index (χ4n) is 1.55. The van der Waals surface area contributed by atoms with Gasteiger partial charge in [-0.15, -0.1) is 11.6 Å². The van der Waals surface area contributed by atoms with Crippen LogP contribution in [-0.4, -0.2) is 24.3 Å². The standard InChI is InChI=1S/C12H10Cl3N3O2S/c13-6-5-8-1-3-9(4-2-8)21(19,20)18-12-10(14)11(15)16-7-17-12/h1-4,7H,5-6H2,(H,16,17,18). The number of sulfonamides is 1. The molecule has 1 heterocycles. The molecule has 0 saturated carbocycles. The molecular formula is C12H10Cl3N3O2S. The van der Waals surface area contributed by atoms with Gasteiger partial charge in [-0.2, -0.15) is 0 Å². The van der Waals surface area contributed by atoms with Crippen molar-refractivity contribution in [1.29, 1.82) is 0 Å². The van der Waals surface area contributed by atoms with E-state index in [1.54, 1.807) is 12.1 Å². The van der Waals surface area contributed by atoms with Gasteiger partial charge in [0.05, 0.1) is 4.90 Å². The van der Waals surface area contributed by atoms with Gasteiger partial charge in [-0.05, 0) is 24.1 Å². The van der Waals surface area contributed by atoms with Crippen molar-refractivity contribution in [3.8, 4) is 0 Å². The molecule has 112 valence electrons. The Balaban J connectivity index is 2.27. The van der Waals surface area contributed by atoms with Gasteiger partial charge in [0.25, 0.3) is 10.0 Å². The fourth-order valence-corrected chi connectivity index (χ4v) is 3.12. The van der Waals surface area contributed by atoms with E-state index in [0.29, 0.717) is 12.3 Å². The van der Waals surface area contributed by atoms with Gasteiger partial charge >= 0.3 is 0 Å². The molecule has 1 aromatic carbocycles. The fraction of sp³-hybridized carbons (Fsp3) is 0.167. The summed E-state index contributed by atoms with van der Waals surface area (Å²) in [6.45, 7) is 0. The predicted molar refractivity (Wildman–Crippen MR) is 83.7 cm³/mol. The minimum Gasteiger partial charge on any atom is -0.262 e. The van der Waals surface area contributed by atoms with E-state index in [0.717, 1.165) is 11.9 Å². The van der Waals surface area contributed by atoms with Gasteiger partial charge in [-0.3, -0.25) is 4.72 Å². The summed E-state index contributed by atoms with van der Waals surface area (Å²) < 4.78 is 26.7. The third kappa shape index (κ3) is 3.97. The second-order valence-electron chi connectivity index (χ2n) is 4.02. The summed E-state index contributed by atoms with van der Waals surface area (Å²) in [5, 5.41) is -0.0803. The third-order valence-corrected chi connectivity index (χ3v) is 4.88. The van der Waals surface area contributed by atoms with E-state index in [1.807, 2.05) is 0 Å². The Kier molecular flexibility index (Phi) is 5.27. The SMILES string of the molecule is O=S(=O)(Nc1ncnc(Cl)c1Cl)c1ccc(CCCl)cc1. The van der Waals surface area contributed by atoms with Crippen LogP contribution in [0, 0.1) is 0 Å². The van der Waals surface area contributed by atoms with Gasteiger partial charge in [0.2, 0.25) is 0 Å². The average molecular weight is 367 g/mol. The van der Waals surface area contributed by atoms with Crippen LogP contribution in [0.1, 0.15) is 5.56 Å². The summed E-state index contributed by atoms with van der Waals surface area (Å²) in [5.74, 6) is 0.404. The van der Waals surface area contributed by atoms with Crippen LogP contribution in [-0.2, 0) is 16.4 Å². The van der Waals surface area contributed by atoms with E-state index in [-0.39, 0.29) is 20.9 Å². The zero-order valence-corrected chi connectivity index (χ0v) is 13.6. The maximum Gasteiger partial charge on any atom is 0.263 e. The van der Waals surface area contributed by atoms with Crippen molar-refractivity contribution >= 4 is 50.6 Å². The summed E-state index contributed by atoms with van der Waals surface area (Å²) in [5.41, 5.74) is 0.951. The molecule has 1 aromatic heterocycles. The molecule has 0 amide bonds. The molecule has 0 radical (unpaired) electrons. The van der Waals surface area contributed by atoms with E-state index in [1.165, 1.54) is 12.1 Å². The molecule has 0 aliphatic heterocycles. The number of aryl methyl sites for hydroxylation is 1. The van der Waals surface area contributed by atoms with Crippen molar-refractivity contribution in [2.24, 2.45) is 0 Å². The number of rotatable bonds is 5. The molecule has 0 atom stereocenters. The Hall–Kier alpha value is -1.08. The molecule has 0 aliphatic rings.